The first-order valence-corrected chi connectivity index (χ1v) is 6.03. The molecule has 0 aromatic carbocycles. The second kappa shape index (κ2) is 4.53. The fourth-order valence-corrected chi connectivity index (χ4v) is 3.11. The zero-order valence-corrected chi connectivity index (χ0v) is 9.38. The molecule has 0 aliphatic carbocycles. The molecule has 0 amide bonds. The SMILES string of the molecule is CC1CCN(S(=O)C(C)C)C1CO. The van der Waals surface area contributed by atoms with E-state index in [2.05, 4.69) is 6.92 Å². The molecule has 78 valence electrons. The lowest BCUT2D eigenvalue weighted by Gasteiger charge is -2.25. The first kappa shape index (κ1) is 11.1. The second-order valence-corrected chi connectivity index (χ2v) is 5.95. The first-order chi connectivity index (χ1) is 6.07. The molecular formula is C9H19NO2S. The van der Waals surface area contributed by atoms with Gasteiger partial charge >= 0.3 is 0 Å². The smallest absolute Gasteiger partial charge is 0.0972 e. The molecule has 0 bridgehead atoms. The molecule has 0 radical (unpaired) electrons. The van der Waals surface area contributed by atoms with Crippen molar-refractivity contribution >= 4 is 11.0 Å². The fourth-order valence-electron chi connectivity index (χ4n) is 1.74. The van der Waals surface area contributed by atoms with Crippen LogP contribution >= 0.6 is 0 Å². The average molecular weight is 205 g/mol. The molecule has 1 aliphatic heterocycles. The van der Waals surface area contributed by atoms with Crippen LogP contribution in [0.1, 0.15) is 27.2 Å². The Hall–Kier alpha value is 0.0700. The van der Waals surface area contributed by atoms with E-state index in [1.54, 1.807) is 0 Å². The fraction of sp³-hybridized carbons (Fsp3) is 1.00. The lowest BCUT2D eigenvalue weighted by Crippen LogP contribution is -2.39. The van der Waals surface area contributed by atoms with Crippen LogP contribution in [0.4, 0.5) is 0 Å². The molecular weight excluding hydrogens is 186 g/mol. The van der Waals surface area contributed by atoms with E-state index >= 15 is 0 Å². The summed E-state index contributed by atoms with van der Waals surface area (Å²) in [6.07, 6.45) is 1.05. The van der Waals surface area contributed by atoms with Crippen LogP contribution in [0, 0.1) is 5.92 Å². The molecule has 1 saturated heterocycles. The molecule has 1 fully saturated rings. The van der Waals surface area contributed by atoms with Crippen LogP contribution in [0.5, 0.6) is 0 Å². The molecule has 13 heavy (non-hydrogen) atoms. The highest BCUT2D eigenvalue weighted by molar-refractivity contribution is 7.83. The normalized spacial score (nSPS) is 32.7. The lowest BCUT2D eigenvalue weighted by molar-refractivity contribution is 0.194. The van der Waals surface area contributed by atoms with E-state index in [-0.39, 0.29) is 17.9 Å². The topological polar surface area (TPSA) is 40.5 Å². The number of nitrogens with zero attached hydrogens (tertiary/aromatic N) is 1. The van der Waals surface area contributed by atoms with Crippen LogP contribution in [-0.4, -0.2) is 38.1 Å². The Morgan fingerprint density at radius 1 is 1.62 bits per heavy atom. The molecule has 1 heterocycles. The van der Waals surface area contributed by atoms with Gasteiger partial charge in [-0.25, -0.2) is 8.51 Å². The van der Waals surface area contributed by atoms with Crippen LogP contribution in [0.2, 0.25) is 0 Å². The van der Waals surface area contributed by atoms with Gasteiger partial charge in [-0.05, 0) is 26.2 Å². The van der Waals surface area contributed by atoms with Crippen LogP contribution in [0.3, 0.4) is 0 Å². The Morgan fingerprint density at radius 3 is 2.69 bits per heavy atom. The minimum absolute atomic E-state index is 0.100. The van der Waals surface area contributed by atoms with E-state index in [1.807, 2.05) is 18.2 Å². The highest BCUT2D eigenvalue weighted by Gasteiger charge is 2.34. The molecule has 1 N–H and O–H groups in total. The Labute approximate surface area is 82.7 Å². The Balaban J connectivity index is 2.65. The van der Waals surface area contributed by atoms with E-state index in [1.165, 1.54) is 0 Å². The summed E-state index contributed by atoms with van der Waals surface area (Å²) in [6.45, 7) is 7.00. The molecule has 3 nitrogen and oxygen atoms in total. The molecule has 1 aliphatic rings. The molecule has 3 atom stereocenters. The molecule has 0 saturated carbocycles. The van der Waals surface area contributed by atoms with Crippen LogP contribution in [0.25, 0.3) is 0 Å². The highest BCUT2D eigenvalue weighted by Crippen LogP contribution is 2.25. The summed E-state index contributed by atoms with van der Waals surface area (Å²) in [5, 5.41) is 9.31. The number of aliphatic hydroxyl groups excluding tert-OH is 1. The van der Waals surface area contributed by atoms with Crippen molar-refractivity contribution in [3.63, 3.8) is 0 Å². The number of hydrogen-bond donors (Lipinski definition) is 1. The summed E-state index contributed by atoms with van der Waals surface area (Å²) in [6, 6.07) is 0.100. The van der Waals surface area contributed by atoms with E-state index in [4.69, 9.17) is 5.11 Å². The van der Waals surface area contributed by atoms with Gasteiger partial charge in [-0.2, -0.15) is 0 Å². The Kier molecular flexibility index (Phi) is 3.88. The van der Waals surface area contributed by atoms with E-state index < -0.39 is 11.0 Å². The van der Waals surface area contributed by atoms with Gasteiger partial charge in [-0.1, -0.05) is 6.92 Å². The van der Waals surface area contributed by atoms with Crippen LogP contribution in [-0.2, 0) is 11.0 Å². The zero-order valence-electron chi connectivity index (χ0n) is 8.56. The van der Waals surface area contributed by atoms with Crippen molar-refractivity contribution in [2.24, 2.45) is 5.92 Å². The van der Waals surface area contributed by atoms with E-state index in [0.717, 1.165) is 13.0 Å². The largest absolute Gasteiger partial charge is 0.395 e. The molecule has 0 spiro atoms. The Bertz CT molecular complexity index is 196. The predicted molar refractivity (Wildman–Crippen MR) is 54.6 cm³/mol. The summed E-state index contributed by atoms with van der Waals surface area (Å²) >= 11 is 0. The van der Waals surface area contributed by atoms with E-state index in [0.29, 0.717) is 5.92 Å². The summed E-state index contributed by atoms with van der Waals surface area (Å²) in [5.41, 5.74) is 0. The van der Waals surface area contributed by atoms with Gasteiger partial charge in [0.25, 0.3) is 0 Å². The molecule has 1 rings (SSSR count). The standard InChI is InChI=1S/C9H19NO2S/c1-7(2)13(12)10-5-4-8(3)9(10)6-11/h7-9,11H,4-6H2,1-3H3. The number of rotatable bonds is 3. The lowest BCUT2D eigenvalue weighted by atomic mass is 10.0. The van der Waals surface area contributed by atoms with Crippen molar-refractivity contribution in [1.29, 1.82) is 0 Å². The monoisotopic (exact) mass is 205 g/mol. The van der Waals surface area contributed by atoms with Crippen molar-refractivity contribution in [1.82, 2.24) is 4.31 Å². The van der Waals surface area contributed by atoms with Gasteiger partial charge in [-0.3, -0.25) is 0 Å². The quantitative estimate of drug-likeness (QED) is 0.739. The van der Waals surface area contributed by atoms with Gasteiger partial charge in [-0.15, -0.1) is 0 Å². The van der Waals surface area contributed by atoms with Crippen molar-refractivity contribution in [2.45, 2.75) is 38.5 Å². The second-order valence-electron chi connectivity index (χ2n) is 3.98. The summed E-state index contributed by atoms with van der Waals surface area (Å²) < 4.78 is 13.7. The first-order valence-electron chi connectivity index (χ1n) is 4.86. The predicted octanol–water partition coefficient (Wildman–Crippen LogP) is 0.761. The maximum absolute atomic E-state index is 11.8. The number of hydrogen-bond acceptors (Lipinski definition) is 2. The minimum Gasteiger partial charge on any atom is -0.395 e. The zero-order chi connectivity index (χ0) is 10.0. The third-order valence-electron chi connectivity index (χ3n) is 2.65. The summed E-state index contributed by atoms with van der Waals surface area (Å²) in [4.78, 5) is 0. The van der Waals surface area contributed by atoms with Crippen molar-refractivity contribution in [3.8, 4) is 0 Å². The Morgan fingerprint density at radius 2 is 2.23 bits per heavy atom. The maximum atomic E-state index is 11.8. The minimum atomic E-state index is -0.924. The van der Waals surface area contributed by atoms with Gasteiger partial charge in [0, 0.05) is 17.8 Å². The highest BCUT2D eigenvalue weighted by atomic mass is 32.2. The summed E-state index contributed by atoms with van der Waals surface area (Å²) in [5.74, 6) is 0.465. The third-order valence-corrected chi connectivity index (χ3v) is 4.38. The maximum Gasteiger partial charge on any atom is 0.0972 e. The van der Waals surface area contributed by atoms with Gasteiger partial charge in [0.15, 0.2) is 0 Å². The van der Waals surface area contributed by atoms with Crippen molar-refractivity contribution < 1.29 is 9.32 Å². The number of aliphatic hydroxyl groups is 1. The van der Waals surface area contributed by atoms with Crippen molar-refractivity contribution in [2.75, 3.05) is 13.2 Å². The summed E-state index contributed by atoms with van der Waals surface area (Å²) in [7, 11) is -0.924. The van der Waals surface area contributed by atoms with Gasteiger partial charge < -0.3 is 5.11 Å². The average Bonchev–Trinajstić information content (AvgIpc) is 2.45. The van der Waals surface area contributed by atoms with Gasteiger partial charge in [0.2, 0.25) is 0 Å². The molecule has 4 heteroatoms. The van der Waals surface area contributed by atoms with E-state index in [9.17, 15) is 4.21 Å². The van der Waals surface area contributed by atoms with Crippen LogP contribution < -0.4 is 0 Å². The molecule has 0 aromatic heterocycles. The molecule has 3 unspecified atom stereocenters. The van der Waals surface area contributed by atoms with Gasteiger partial charge in [0.05, 0.1) is 17.6 Å². The van der Waals surface area contributed by atoms with Crippen molar-refractivity contribution in [3.05, 3.63) is 0 Å². The van der Waals surface area contributed by atoms with Gasteiger partial charge in [0.1, 0.15) is 0 Å². The van der Waals surface area contributed by atoms with Crippen LogP contribution in [0.15, 0.2) is 0 Å². The molecule has 0 aromatic rings. The third kappa shape index (κ3) is 2.30.